The highest BCUT2D eigenvalue weighted by atomic mass is 16.4. The van der Waals surface area contributed by atoms with Gasteiger partial charge in [0.15, 0.2) is 0 Å². The van der Waals surface area contributed by atoms with Gasteiger partial charge in [-0.05, 0) is 18.1 Å². The van der Waals surface area contributed by atoms with Crippen LogP contribution in [-0.2, 0) is 6.61 Å². The normalized spacial score (nSPS) is 12.1. The smallest absolute Gasteiger partial charge is 0.405 e. The Morgan fingerprint density at radius 3 is 2.43 bits per heavy atom. The van der Waals surface area contributed by atoms with Crippen molar-refractivity contribution in [1.82, 2.24) is 5.32 Å². The molecule has 1 rings (SSSR count). The van der Waals surface area contributed by atoms with Crippen LogP contribution in [0.2, 0.25) is 0 Å². The Kier molecular flexibility index (Phi) is 3.48. The predicted octanol–water partition coefficient (Wildman–Crippen LogP) is 1.51. The molecule has 0 bridgehead atoms. The molecule has 3 N–H and O–H groups in total. The standard InChI is InChI=1S/C10H13NO3/c1-7(11-10(13)14)9-4-2-8(6-12)3-5-9/h2-5,7,11-12H,6H2,1H3,(H,13,14). The first-order chi connectivity index (χ1) is 6.63. The number of hydrogen-bond donors (Lipinski definition) is 3. The van der Waals surface area contributed by atoms with E-state index in [0.717, 1.165) is 11.1 Å². The second-order valence-corrected chi connectivity index (χ2v) is 3.07. The Bertz CT molecular complexity index is 308. The minimum absolute atomic E-state index is 0.00101. The fraction of sp³-hybridized carbons (Fsp3) is 0.300. The molecule has 4 nitrogen and oxygen atoms in total. The maximum atomic E-state index is 10.4. The second kappa shape index (κ2) is 4.62. The zero-order chi connectivity index (χ0) is 10.6. The first kappa shape index (κ1) is 10.5. The molecule has 1 atom stereocenters. The van der Waals surface area contributed by atoms with Crippen LogP contribution < -0.4 is 5.32 Å². The SMILES string of the molecule is CC(NC(=O)O)c1ccc(CO)cc1. The van der Waals surface area contributed by atoms with Gasteiger partial charge in [0.05, 0.1) is 12.6 Å². The molecule has 0 radical (unpaired) electrons. The van der Waals surface area contributed by atoms with Crippen LogP contribution >= 0.6 is 0 Å². The summed E-state index contributed by atoms with van der Waals surface area (Å²) in [5.74, 6) is 0. The van der Waals surface area contributed by atoms with Gasteiger partial charge >= 0.3 is 6.09 Å². The van der Waals surface area contributed by atoms with Crippen molar-refractivity contribution in [3.05, 3.63) is 35.4 Å². The van der Waals surface area contributed by atoms with Crippen molar-refractivity contribution in [2.75, 3.05) is 0 Å². The van der Waals surface area contributed by atoms with Crippen LogP contribution in [0.4, 0.5) is 4.79 Å². The number of rotatable bonds is 3. The molecular formula is C10H13NO3. The summed E-state index contributed by atoms with van der Waals surface area (Å²) in [6.45, 7) is 1.77. The zero-order valence-corrected chi connectivity index (χ0v) is 7.90. The van der Waals surface area contributed by atoms with Gasteiger partial charge < -0.3 is 15.5 Å². The molecular weight excluding hydrogens is 182 g/mol. The average Bonchev–Trinajstić information content (AvgIpc) is 2.17. The number of carboxylic acid groups (broad SMARTS) is 1. The maximum Gasteiger partial charge on any atom is 0.405 e. The Morgan fingerprint density at radius 1 is 1.43 bits per heavy atom. The highest BCUT2D eigenvalue weighted by Gasteiger charge is 2.06. The van der Waals surface area contributed by atoms with Crippen molar-refractivity contribution in [3.63, 3.8) is 0 Å². The molecule has 0 spiro atoms. The molecule has 0 aliphatic carbocycles. The summed E-state index contributed by atoms with van der Waals surface area (Å²) in [5, 5.41) is 19.6. The van der Waals surface area contributed by atoms with Crippen LogP contribution in [0.5, 0.6) is 0 Å². The number of amides is 1. The van der Waals surface area contributed by atoms with Gasteiger partial charge in [0.25, 0.3) is 0 Å². The van der Waals surface area contributed by atoms with E-state index >= 15 is 0 Å². The summed E-state index contributed by atoms with van der Waals surface area (Å²) >= 11 is 0. The lowest BCUT2D eigenvalue weighted by Crippen LogP contribution is -2.24. The van der Waals surface area contributed by atoms with Gasteiger partial charge in [0, 0.05) is 0 Å². The van der Waals surface area contributed by atoms with Crippen LogP contribution in [0.25, 0.3) is 0 Å². The van der Waals surface area contributed by atoms with Crippen molar-refractivity contribution in [2.24, 2.45) is 0 Å². The van der Waals surface area contributed by atoms with Gasteiger partial charge in [-0.15, -0.1) is 0 Å². The molecule has 1 aromatic carbocycles. The third kappa shape index (κ3) is 2.74. The largest absolute Gasteiger partial charge is 0.465 e. The quantitative estimate of drug-likeness (QED) is 0.684. The Morgan fingerprint density at radius 2 is 2.00 bits per heavy atom. The third-order valence-electron chi connectivity index (χ3n) is 2.00. The number of benzene rings is 1. The van der Waals surface area contributed by atoms with Crippen molar-refractivity contribution < 1.29 is 15.0 Å². The van der Waals surface area contributed by atoms with Gasteiger partial charge in [-0.25, -0.2) is 4.79 Å². The van der Waals surface area contributed by atoms with E-state index in [2.05, 4.69) is 5.32 Å². The second-order valence-electron chi connectivity index (χ2n) is 3.07. The molecule has 1 amide bonds. The van der Waals surface area contributed by atoms with Crippen LogP contribution in [-0.4, -0.2) is 16.3 Å². The van der Waals surface area contributed by atoms with Crippen molar-refractivity contribution in [2.45, 2.75) is 19.6 Å². The Hall–Kier alpha value is -1.55. The van der Waals surface area contributed by atoms with Gasteiger partial charge in [-0.1, -0.05) is 24.3 Å². The first-order valence-electron chi connectivity index (χ1n) is 4.32. The number of aliphatic hydroxyl groups excluding tert-OH is 1. The number of hydrogen-bond acceptors (Lipinski definition) is 2. The van der Waals surface area contributed by atoms with Crippen LogP contribution in [0.15, 0.2) is 24.3 Å². The Balaban J connectivity index is 2.71. The van der Waals surface area contributed by atoms with Crippen molar-refractivity contribution in [1.29, 1.82) is 0 Å². The van der Waals surface area contributed by atoms with Gasteiger partial charge in [0.1, 0.15) is 0 Å². The fourth-order valence-corrected chi connectivity index (χ4v) is 1.18. The minimum atomic E-state index is -1.04. The molecule has 76 valence electrons. The molecule has 4 heteroatoms. The summed E-state index contributed by atoms with van der Waals surface area (Å²) in [5.41, 5.74) is 1.70. The monoisotopic (exact) mass is 195 g/mol. The summed E-state index contributed by atoms with van der Waals surface area (Å²) in [4.78, 5) is 10.4. The molecule has 0 saturated heterocycles. The summed E-state index contributed by atoms with van der Waals surface area (Å²) in [6.07, 6.45) is -1.04. The lowest BCUT2D eigenvalue weighted by atomic mass is 10.1. The van der Waals surface area contributed by atoms with Crippen LogP contribution in [0.1, 0.15) is 24.1 Å². The van der Waals surface area contributed by atoms with E-state index in [-0.39, 0.29) is 12.6 Å². The minimum Gasteiger partial charge on any atom is -0.465 e. The van der Waals surface area contributed by atoms with Gasteiger partial charge in [0.2, 0.25) is 0 Å². The number of nitrogens with one attached hydrogen (secondary N) is 1. The molecule has 14 heavy (non-hydrogen) atoms. The predicted molar refractivity (Wildman–Crippen MR) is 51.9 cm³/mol. The zero-order valence-electron chi connectivity index (χ0n) is 7.90. The molecule has 0 aliphatic heterocycles. The van der Waals surface area contributed by atoms with Gasteiger partial charge in [-0.2, -0.15) is 0 Å². The van der Waals surface area contributed by atoms with Crippen LogP contribution in [0, 0.1) is 0 Å². The van der Waals surface area contributed by atoms with Crippen molar-refractivity contribution in [3.8, 4) is 0 Å². The molecule has 0 aromatic heterocycles. The van der Waals surface area contributed by atoms with Gasteiger partial charge in [-0.3, -0.25) is 0 Å². The van der Waals surface area contributed by atoms with Crippen LogP contribution in [0.3, 0.4) is 0 Å². The van der Waals surface area contributed by atoms with E-state index in [1.165, 1.54) is 0 Å². The third-order valence-corrected chi connectivity index (χ3v) is 2.00. The van der Waals surface area contributed by atoms with E-state index in [1.807, 2.05) is 0 Å². The summed E-state index contributed by atoms with van der Waals surface area (Å²) < 4.78 is 0. The van der Waals surface area contributed by atoms with E-state index in [0.29, 0.717) is 0 Å². The van der Waals surface area contributed by atoms with E-state index in [4.69, 9.17) is 10.2 Å². The molecule has 0 heterocycles. The Labute approximate surface area is 82.2 Å². The summed E-state index contributed by atoms with van der Waals surface area (Å²) in [6, 6.07) is 6.91. The number of aliphatic hydroxyl groups is 1. The highest BCUT2D eigenvalue weighted by Crippen LogP contribution is 2.13. The van der Waals surface area contributed by atoms with Crippen molar-refractivity contribution >= 4 is 6.09 Å². The van der Waals surface area contributed by atoms with E-state index in [1.54, 1.807) is 31.2 Å². The molecule has 0 fully saturated rings. The van der Waals surface area contributed by atoms with E-state index in [9.17, 15) is 4.79 Å². The lowest BCUT2D eigenvalue weighted by molar-refractivity contribution is 0.191. The maximum absolute atomic E-state index is 10.4. The molecule has 0 aliphatic rings. The number of carbonyl (C=O) groups is 1. The molecule has 1 aromatic rings. The molecule has 1 unspecified atom stereocenters. The topological polar surface area (TPSA) is 69.6 Å². The first-order valence-corrected chi connectivity index (χ1v) is 4.32. The van der Waals surface area contributed by atoms with E-state index < -0.39 is 6.09 Å². The lowest BCUT2D eigenvalue weighted by Gasteiger charge is -2.11. The highest BCUT2D eigenvalue weighted by molar-refractivity contribution is 5.65. The fourth-order valence-electron chi connectivity index (χ4n) is 1.18. The molecule has 0 saturated carbocycles. The summed E-state index contributed by atoms with van der Waals surface area (Å²) in [7, 11) is 0. The average molecular weight is 195 g/mol.